The molecule has 0 atom stereocenters. The molecule has 0 aliphatic carbocycles. The number of nitrogens with one attached hydrogen (secondary N) is 1. The average Bonchev–Trinajstić information content (AvgIpc) is 2.71. The number of nitro benzene ring substituents is 1. The van der Waals surface area contributed by atoms with E-state index in [1.54, 1.807) is 0 Å². The van der Waals surface area contributed by atoms with Crippen molar-refractivity contribution in [3.63, 3.8) is 0 Å². The Balaban J connectivity index is 2.01. The van der Waals surface area contributed by atoms with Gasteiger partial charge in [-0.2, -0.15) is 0 Å². The quantitative estimate of drug-likeness (QED) is 0.173. The van der Waals surface area contributed by atoms with Crippen LogP contribution in [0.1, 0.15) is 96.8 Å². The predicted octanol–water partition coefficient (Wildman–Crippen LogP) is 6.15. The Hall–Kier alpha value is -1.47. The minimum Gasteiger partial charge on any atom is -0.258 e. The van der Waals surface area contributed by atoms with Crippen molar-refractivity contribution in [3.8, 4) is 0 Å². The van der Waals surface area contributed by atoms with Crippen LogP contribution in [0.4, 0.5) is 5.69 Å². The van der Waals surface area contributed by atoms with Crippen LogP contribution in [0.5, 0.6) is 0 Å². The number of hydrogen-bond donors (Lipinski definition) is 1. The second-order valence-electron chi connectivity index (χ2n) is 7.66. The fourth-order valence-corrected chi connectivity index (χ4v) is 4.37. The van der Waals surface area contributed by atoms with Gasteiger partial charge >= 0.3 is 0 Å². The van der Waals surface area contributed by atoms with E-state index in [-0.39, 0.29) is 10.6 Å². The molecule has 1 aromatic rings. The van der Waals surface area contributed by atoms with Crippen molar-refractivity contribution in [2.45, 2.75) is 102 Å². The normalized spacial score (nSPS) is 11.6. The molecular formula is C22H37N2O4S. The summed E-state index contributed by atoms with van der Waals surface area (Å²) in [5.41, 5.74) is -0.249. The van der Waals surface area contributed by atoms with E-state index in [4.69, 9.17) is 0 Å². The Morgan fingerprint density at radius 1 is 0.897 bits per heavy atom. The third-order valence-corrected chi connectivity index (χ3v) is 6.48. The van der Waals surface area contributed by atoms with E-state index in [1.807, 2.05) is 0 Å². The summed E-state index contributed by atoms with van der Waals surface area (Å²) in [6.07, 6.45) is 17.5. The highest BCUT2D eigenvalue weighted by atomic mass is 32.2. The van der Waals surface area contributed by atoms with Crippen LogP contribution in [-0.4, -0.2) is 19.9 Å². The Morgan fingerprint density at radius 3 is 1.86 bits per heavy atom. The summed E-state index contributed by atoms with van der Waals surface area (Å²) in [5, 5.41) is 10.8. The number of rotatable bonds is 18. The van der Waals surface area contributed by atoms with Gasteiger partial charge in [-0.3, -0.25) is 10.1 Å². The average molecular weight is 426 g/mol. The summed E-state index contributed by atoms with van der Waals surface area (Å²) >= 11 is 0. The van der Waals surface area contributed by atoms with Gasteiger partial charge in [0.05, 0.1) is 9.82 Å². The van der Waals surface area contributed by atoms with E-state index in [9.17, 15) is 18.5 Å². The zero-order valence-corrected chi connectivity index (χ0v) is 18.6. The van der Waals surface area contributed by atoms with Crippen LogP contribution in [0, 0.1) is 16.2 Å². The van der Waals surface area contributed by atoms with Gasteiger partial charge in [0.2, 0.25) is 10.0 Å². The minimum absolute atomic E-state index is 0.183. The number of non-ortho nitro benzene ring substituents is 1. The van der Waals surface area contributed by atoms with E-state index < -0.39 is 14.9 Å². The third-order valence-electron chi connectivity index (χ3n) is 5.08. The van der Waals surface area contributed by atoms with Crippen LogP contribution in [0.2, 0.25) is 0 Å². The lowest BCUT2D eigenvalue weighted by Crippen LogP contribution is -2.24. The van der Waals surface area contributed by atoms with Crippen molar-refractivity contribution in [2.75, 3.05) is 6.54 Å². The molecule has 1 radical (unpaired) electrons. The van der Waals surface area contributed by atoms with Gasteiger partial charge in [0, 0.05) is 24.7 Å². The largest absolute Gasteiger partial charge is 0.270 e. The molecular weight excluding hydrogens is 388 g/mol. The molecule has 0 aromatic heterocycles. The van der Waals surface area contributed by atoms with Crippen molar-refractivity contribution >= 4 is 15.7 Å². The molecule has 1 N–H and O–H groups in total. The number of nitrogens with zero attached hydrogens (tertiary/aromatic N) is 1. The van der Waals surface area contributed by atoms with E-state index in [2.05, 4.69) is 17.7 Å². The highest BCUT2D eigenvalue weighted by molar-refractivity contribution is 7.89. The summed E-state index contributed by atoms with van der Waals surface area (Å²) in [6.45, 7) is 2.59. The predicted molar refractivity (Wildman–Crippen MR) is 117 cm³/mol. The Morgan fingerprint density at radius 2 is 1.38 bits per heavy atom. The van der Waals surface area contributed by atoms with Crippen LogP contribution < -0.4 is 4.72 Å². The molecule has 0 saturated heterocycles. The molecule has 0 bridgehead atoms. The summed E-state index contributed by atoms with van der Waals surface area (Å²) in [6, 6.07) is 6.08. The van der Waals surface area contributed by atoms with Gasteiger partial charge in [0.15, 0.2) is 0 Å². The van der Waals surface area contributed by atoms with E-state index in [0.29, 0.717) is 6.54 Å². The third kappa shape index (κ3) is 12.0. The van der Waals surface area contributed by atoms with Gasteiger partial charge in [-0.05, 0) is 12.5 Å². The maximum atomic E-state index is 12.2. The fraction of sp³-hybridized carbons (Fsp3) is 0.727. The zero-order valence-electron chi connectivity index (χ0n) is 17.8. The van der Waals surface area contributed by atoms with Crippen molar-refractivity contribution in [3.05, 3.63) is 34.4 Å². The number of nitro groups is 1. The molecule has 0 heterocycles. The highest BCUT2D eigenvalue weighted by Gasteiger charge is 2.17. The van der Waals surface area contributed by atoms with Crippen LogP contribution in [0.25, 0.3) is 0 Å². The first-order valence-electron chi connectivity index (χ1n) is 11.1. The molecule has 1 aromatic carbocycles. The number of sulfonamides is 1. The first kappa shape index (κ1) is 25.6. The Labute approximate surface area is 176 Å². The van der Waals surface area contributed by atoms with Crippen molar-refractivity contribution < 1.29 is 13.3 Å². The molecule has 0 spiro atoms. The molecule has 0 unspecified atom stereocenters. The Bertz CT molecular complexity index is 677. The lowest BCUT2D eigenvalue weighted by Gasteiger charge is -2.06. The van der Waals surface area contributed by atoms with E-state index in [1.165, 1.54) is 82.8 Å². The number of hydrogen-bond acceptors (Lipinski definition) is 4. The molecule has 29 heavy (non-hydrogen) atoms. The Kier molecular flexibility index (Phi) is 13.6. The van der Waals surface area contributed by atoms with Gasteiger partial charge in [-0.1, -0.05) is 90.4 Å². The van der Waals surface area contributed by atoms with Crippen molar-refractivity contribution in [2.24, 2.45) is 0 Å². The lowest BCUT2D eigenvalue weighted by molar-refractivity contribution is -0.385. The van der Waals surface area contributed by atoms with Crippen LogP contribution in [0.3, 0.4) is 0 Å². The second kappa shape index (κ2) is 15.4. The molecule has 0 aliphatic heterocycles. The molecule has 0 aliphatic rings. The van der Waals surface area contributed by atoms with E-state index in [0.717, 1.165) is 25.3 Å². The topological polar surface area (TPSA) is 89.3 Å². The summed E-state index contributed by atoms with van der Waals surface area (Å²) < 4.78 is 26.9. The summed E-state index contributed by atoms with van der Waals surface area (Å²) in [7, 11) is -3.74. The maximum Gasteiger partial charge on any atom is 0.270 e. The first-order chi connectivity index (χ1) is 14.0. The zero-order chi connectivity index (χ0) is 21.4. The van der Waals surface area contributed by atoms with Gasteiger partial charge in [-0.25, -0.2) is 13.1 Å². The van der Waals surface area contributed by atoms with Crippen LogP contribution >= 0.6 is 0 Å². The van der Waals surface area contributed by atoms with Gasteiger partial charge < -0.3 is 0 Å². The van der Waals surface area contributed by atoms with Crippen LogP contribution in [0.15, 0.2) is 23.1 Å². The number of unbranched alkanes of at least 4 members (excludes halogenated alkanes) is 13. The van der Waals surface area contributed by atoms with E-state index >= 15 is 0 Å². The highest BCUT2D eigenvalue weighted by Crippen LogP contribution is 2.17. The smallest absolute Gasteiger partial charge is 0.258 e. The minimum atomic E-state index is -3.74. The summed E-state index contributed by atoms with van der Waals surface area (Å²) in [4.78, 5) is 9.97. The monoisotopic (exact) mass is 425 g/mol. The second-order valence-corrected chi connectivity index (χ2v) is 9.40. The first-order valence-corrected chi connectivity index (χ1v) is 12.6. The van der Waals surface area contributed by atoms with Crippen molar-refractivity contribution in [1.29, 1.82) is 0 Å². The summed E-state index contributed by atoms with van der Waals surface area (Å²) in [5.74, 6) is 0. The molecule has 1 rings (SSSR count). The van der Waals surface area contributed by atoms with Gasteiger partial charge in [0.25, 0.3) is 5.69 Å². The standard InChI is InChI=1S/C22H37N2O4S/c1-2-3-4-5-6-7-8-9-10-11-12-13-14-15-19-23-29(27,28)22-18-16-17-21(20-22)24(25)26/h16-17,20,23H,2-15,19H2,1H3. The van der Waals surface area contributed by atoms with Gasteiger partial charge in [0.1, 0.15) is 0 Å². The van der Waals surface area contributed by atoms with Crippen molar-refractivity contribution in [1.82, 2.24) is 4.72 Å². The molecule has 0 amide bonds. The fourth-order valence-electron chi connectivity index (χ4n) is 3.31. The van der Waals surface area contributed by atoms with Crippen LogP contribution in [-0.2, 0) is 10.0 Å². The molecule has 7 heteroatoms. The number of benzene rings is 1. The molecule has 0 saturated carbocycles. The molecule has 0 fully saturated rings. The SMILES string of the molecule is CCCCCCCCCCCCCCCCNS(=O)(=O)c1[c]ccc([N+](=O)[O-])c1. The molecule has 6 nitrogen and oxygen atoms in total. The van der Waals surface area contributed by atoms with Gasteiger partial charge in [-0.15, -0.1) is 0 Å². The lowest BCUT2D eigenvalue weighted by atomic mass is 10.0. The maximum absolute atomic E-state index is 12.2. The molecule has 165 valence electrons.